The van der Waals surface area contributed by atoms with Crippen LogP contribution in [0.15, 0.2) is 0 Å². The van der Waals surface area contributed by atoms with Gasteiger partial charge < -0.3 is 16.0 Å². The number of nitrogens with zero attached hydrogens (tertiary/aromatic N) is 1. The number of hydrogen-bond donors (Lipinski definition) is 2. The van der Waals surface area contributed by atoms with E-state index in [9.17, 15) is 4.79 Å². The van der Waals surface area contributed by atoms with E-state index >= 15 is 0 Å². The number of amides is 1. The molecule has 4 nitrogen and oxygen atoms in total. The Hall–Kier alpha value is -0.320. The molecule has 2 aliphatic rings. The van der Waals surface area contributed by atoms with E-state index in [0.717, 1.165) is 25.8 Å². The summed E-state index contributed by atoms with van der Waals surface area (Å²) in [5, 5.41) is 3.24. The quantitative estimate of drug-likeness (QED) is 0.817. The third-order valence-electron chi connectivity index (χ3n) is 5.62. The number of carbonyl (C=O) groups excluding carboxylic acids is 1. The highest BCUT2D eigenvalue weighted by Crippen LogP contribution is 2.33. The lowest BCUT2D eigenvalue weighted by atomic mass is 9.80. The van der Waals surface area contributed by atoms with Crippen molar-refractivity contribution >= 4 is 18.3 Å². The average molecular weight is 318 g/mol. The number of carbonyl (C=O) groups is 1. The Morgan fingerprint density at radius 1 is 1.19 bits per heavy atom. The Balaban J connectivity index is 0.00000220. The monoisotopic (exact) mass is 317 g/mol. The van der Waals surface area contributed by atoms with Crippen LogP contribution >= 0.6 is 12.4 Å². The Morgan fingerprint density at radius 3 is 2.43 bits per heavy atom. The molecular formula is C16H32ClN3O. The molecule has 3 N–H and O–H groups in total. The molecule has 0 aromatic carbocycles. The third-order valence-corrected chi connectivity index (χ3v) is 5.62. The first-order chi connectivity index (χ1) is 9.59. The first kappa shape index (κ1) is 18.7. The van der Waals surface area contributed by atoms with Crippen molar-refractivity contribution in [3.63, 3.8) is 0 Å². The summed E-state index contributed by atoms with van der Waals surface area (Å²) in [5.41, 5.74) is 5.96. The van der Waals surface area contributed by atoms with Gasteiger partial charge in [-0.15, -0.1) is 12.4 Å². The maximum absolute atomic E-state index is 12.4. The van der Waals surface area contributed by atoms with Crippen LogP contribution in [0.3, 0.4) is 0 Å². The number of hydrogen-bond acceptors (Lipinski definition) is 3. The first-order valence-electron chi connectivity index (χ1n) is 8.24. The minimum Gasteiger partial charge on any atom is -0.354 e. The zero-order valence-corrected chi connectivity index (χ0v) is 14.4. The van der Waals surface area contributed by atoms with Crippen LogP contribution in [0.1, 0.15) is 51.4 Å². The van der Waals surface area contributed by atoms with Crippen LogP contribution < -0.4 is 11.1 Å². The van der Waals surface area contributed by atoms with Gasteiger partial charge in [0.1, 0.15) is 0 Å². The smallest absolute Gasteiger partial charge is 0.223 e. The molecule has 0 aliphatic heterocycles. The van der Waals surface area contributed by atoms with E-state index in [-0.39, 0.29) is 29.8 Å². The van der Waals surface area contributed by atoms with Crippen molar-refractivity contribution in [2.45, 2.75) is 56.9 Å². The van der Waals surface area contributed by atoms with E-state index in [1.807, 2.05) is 0 Å². The van der Waals surface area contributed by atoms with E-state index in [2.05, 4.69) is 24.3 Å². The number of rotatable bonds is 5. The van der Waals surface area contributed by atoms with Crippen molar-refractivity contribution in [2.75, 3.05) is 27.2 Å². The Bertz CT molecular complexity index is 329. The minimum absolute atomic E-state index is 0. The van der Waals surface area contributed by atoms with Crippen LogP contribution in [-0.2, 0) is 4.79 Å². The molecule has 0 aromatic heterocycles. The van der Waals surface area contributed by atoms with Gasteiger partial charge in [0, 0.05) is 18.0 Å². The lowest BCUT2D eigenvalue weighted by molar-refractivity contribution is -0.126. The van der Waals surface area contributed by atoms with Crippen LogP contribution in [-0.4, -0.2) is 43.5 Å². The normalized spacial score (nSPS) is 28.2. The molecule has 0 heterocycles. The van der Waals surface area contributed by atoms with Gasteiger partial charge in [-0.05, 0) is 52.2 Å². The number of likely N-dealkylation sites (N-methyl/N-ethyl adjacent to an activating group) is 1. The van der Waals surface area contributed by atoms with Gasteiger partial charge in [0.15, 0.2) is 0 Å². The van der Waals surface area contributed by atoms with Crippen molar-refractivity contribution in [3.8, 4) is 0 Å². The fraction of sp³-hybridized carbons (Fsp3) is 0.938. The second kappa shape index (κ2) is 8.35. The van der Waals surface area contributed by atoms with E-state index in [1.165, 1.54) is 32.1 Å². The molecule has 2 saturated carbocycles. The SMILES string of the molecule is CN(C)C1(CNC(=O)[C@@H]2CCC[C@@H]2CN)CCCCC1.Cl. The summed E-state index contributed by atoms with van der Waals surface area (Å²) >= 11 is 0. The van der Waals surface area contributed by atoms with E-state index in [4.69, 9.17) is 5.73 Å². The zero-order valence-electron chi connectivity index (χ0n) is 13.6. The molecule has 0 unspecified atom stereocenters. The second-order valence-electron chi connectivity index (χ2n) is 6.93. The first-order valence-corrected chi connectivity index (χ1v) is 8.24. The van der Waals surface area contributed by atoms with E-state index in [1.54, 1.807) is 0 Å². The molecular weight excluding hydrogens is 286 g/mol. The third kappa shape index (κ3) is 4.33. The van der Waals surface area contributed by atoms with Crippen molar-refractivity contribution in [1.29, 1.82) is 0 Å². The highest BCUT2D eigenvalue weighted by molar-refractivity contribution is 5.85. The van der Waals surface area contributed by atoms with Crippen molar-refractivity contribution < 1.29 is 4.79 Å². The van der Waals surface area contributed by atoms with Gasteiger partial charge >= 0.3 is 0 Å². The summed E-state index contributed by atoms with van der Waals surface area (Å²) in [6, 6.07) is 0. The van der Waals surface area contributed by atoms with Gasteiger partial charge in [-0.25, -0.2) is 0 Å². The molecule has 0 saturated heterocycles. The van der Waals surface area contributed by atoms with E-state index in [0.29, 0.717) is 12.5 Å². The summed E-state index contributed by atoms with van der Waals surface area (Å²) in [4.78, 5) is 14.8. The summed E-state index contributed by atoms with van der Waals surface area (Å²) < 4.78 is 0. The molecule has 2 atom stereocenters. The molecule has 0 spiro atoms. The standard InChI is InChI=1S/C16H31N3O.ClH/c1-19(2)16(9-4-3-5-10-16)12-18-15(20)14-8-6-7-13(14)11-17;/h13-14H,3-12,17H2,1-2H3,(H,18,20);1H/t13-,14-;/m1./s1. The Morgan fingerprint density at radius 2 is 1.86 bits per heavy atom. The maximum Gasteiger partial charge on any atom is 0.223 e. The molecule has 124 valence electrons. The number of nitrogens with one attached hydrogen (secondary N) is 1. The number of nitrogens with two attached hydrogens (primary N) is 1. The minimum atomic E-state index is 0. The maximum atomic E-state index is 12.4. The molecule has 2 fully saturated rings. The fourth-order valence-electron chi connectivity index (χ4n) is 4.04. The summed E-state index contributed by atoms with van der Waals surface area (Å²) in [7, 11) is 4.30. The van der Waals surface area contributed by atoms with Crippen LogP contribution in [0.25, 0.3) is 0 Å². The fourth-order valence-corrected chi connectivity index (χ4v) is 4.04. The lowest BCUT2D eigenvalue weighted by Crippen LogP contribution is -2.54. The topological polar surface area (TPSA) is 58.4 Å². The van der Waals surface area contributed by atoms with Gasteiger partial charge in [-0.2, -0.15) is 0 Å². The van der Waals surface area contributed by atoms with Crippen molar-refractivity contribution in [1.82, 2.24) is 10.2 Å². The molecule has 2 aliphatic carbocycles. The average Bonchev–Trinajstić information content (AvgIpc) is 2.94. The van der Waals surface area contributed by atoms with Gasteiger partial charge in [-0.1, -0.05) is 25.7 Å². The van der Waals surface area contributed by atoms with Crippen LogP contribution in [0.2, 0.25) is 0 Å². The Labute approximate surface area is 135 Å². The van der Waals surface area contributed by atoms with Gasteiger partial charge in [0.2, 0.25) is 5.91 Å². The molecule has 21 heavy (non-hydrogen) atoms. The molecule has 1 amide bonds. The van der Waals surface area contributed by atoms with Gasteiger partial charge in [0.05, 0.1) is 0 Å². The summed E-state index contributed by atoms with van der Waals surface area (Å²) in [5.74, 6) is 0.796. The Kier molecular flexibility index (Phi) is 7.45. The molecule has 5 heteroatoms. The van der Waals surface area contributed by atoms with Gasteiger partial charge in [-0.3, -0.25) is 4.79 Å². The predicted octanol–water partition coefficient (Wildman–Crippen LogP) is 2.16. The zero-order chi connectivity index (χ0) is 14.6. The van der Waals surface area contributed by atoms with Crippen LogP contribution in [0.5, 0.6) is 0 Å². The van der Waals surface area contributed by atoms with Crippen molar-refractivity contribution in [3.05, 3.63) is 0 Å². The summed E-state index contributed by atoms with van der Waals surface area (Å²) in [6.45, 7) is 1.45. The lowest BCUT2D eigenvalue weighted by Gasteiger charge is -2.43. The molecule has 2 rings (SSSR count). The highest BCUT2D eigenvalue weighted by atomic mass is 35.5. The number of halogens is 1. The van der Waals surface area contributed by atoms with Gasteiger partial charge in [0.25, 0.3) is 0 Å². The van der Waals surface area contributed by atoms with Crippen molar-refractivity contribution in [2.24, 2.45) is 17.6 Å². The predicted molar refractivity (Wildman–Crippen MR) is 89.6 cm³/mol. The second-order valence-corrected chi connectivity index (χ2v) is 6.93. The molecule has 0 aromatic rings. The van der Waals surface area contributed by atoms with Crippen LogP contribution in [0.4, 0.5) is 0 Å². The van der Waals surface area contributed by atoms with E-state index < -0.39 is 0 Å². The molecule has 0 bridgehead atoms. The van der Waals surface area contributed by atoms with Crippen LogP contribution in [0, 0.1) is 11.8 Å². The summed E-state index contributed by atoms with van der Waals surface area (Å²) in [6.07, 6.45) is 9.58. The highest BCUT2D eigenvalue weighted by Gasteiger charge is 2.37. The largest absolute Gasteiger partial charge is 0.354 e. The molecule has 0 radical (unpaired) electrons.